The highest BCUT2D eigenvalue weighted by molar-refractivity contribution is 14.1. The molecule has 17 heavy (non-hydrogen) atoms. The Morgan fingerprint density at radius 3 is 2.59 bits per heavy atom. The maximum Gasteiger partial charge on any atom is 0.121 e. The van der Waals surface area contributed by atoms with Gasteiger partial charge in [0.25, 0.3) is 0 Å². The summed E-state index contributed by atoms with van der Waals surface area (Å²) in [6, 6.07) is 12.9. The van der Waals surface area contributed by atoms with Gasteiger partial charge in [0.2, 0.25) is 0 Å². The average molecular weight is 341 g/mol. The van der Waals surface area contributed by atoms with E-state index in [9.17, 15) is 0 Å². The molecule has 0 bridgehead atoms. The standard InChI is InChI=1S/C14H16INO/c1-2-16-13(14-4-3-9-17-14)10-11-5-7-12(15)8-6-11/h3-9,13,16H,2,10H2,1H3. The van der Waals surface area contributed by atoms with Crippen molar-refractivity contribution in [2.75, 3.05) is 6.54 Å². The molecule has 1 aromatic carbocycles. The van der Waals surface area contributed by atoms with E-state index in [-0.39, 0.29) is 6.04 Å². The van der Waals surface area contributed by atoms with Crippen LogP contribution in [0.4, 0.5) is 0 Å². The van der Waals surface area contributed by atoms with Crippen molar-refractivity contribution in [1.29, 1.82) is 0 Å². The lowest BCUT2D eigenvalue weighted by molar-refractivity contribution is 0.416. The molecule has 0 spiro atoms. The molecule has 0 aliphatic carbocycles. The Hall–Kier alpha value is -0.810. The molecule has 1 N–H and O–H groups in total. The van der Waals surface area contributed by atoms with E-state index in [4.69, 9.17) is 4.42 Å². The SMILES string of the molecule is CCNC(Cc1ccc(I)cc1)c1ccco1. The van der Waals surface area contributed by atoms with Crippen LogP contribution in [-0.2, 0) is 6.42 Å². The summed E-state index contributed by atoms with van der Waals surface area (Å²) in [6.45, 7) is 3.06. The van der Waals surface area contributed by atoms with E-state index in [0.717, 1.165) is 18.7 Å². The second-order valence-electron chi connectivity index (χ2n) is 3.96. The number of nitrogens with one attached hydrogen (secondary N) is 1. The zero-order valence-electron chi connectivity index (χ0n) is 9.82. The first kappa shape index (κ1) is 12.6. The first-order valence-electron chi connectivity index (χ1n) is 5.81. The van der Waals surface area contributed by atoms with E-state index in [2.05, 4.69) is 59.1 Å². The number of rotatable bonds is 5. The van der Waals surface area contributed by atoms with Gasteiger partial charge in [-0.3, -0.25) is 0 Å². The number of benzene rings is 1. The Kier molecular flexibility index (Phi) is 4.62. The largest absolute Gasteiger partial charge is 0.468 e. The van der Waals surface area contributed by atoms with Gasteiger partial charge < -0.3 is 9.73 Å². The average Bonchev–Trinajstić information content (AvgIpc) is 2.85. The van der Waals surface area contributed by atoms with Gasteiger partial charge in [-0.25, -0.2) is 0 Å². The van der Waals surface area contributed by atoms with Gasteiger partial charge in [0.15, 0.2) is 0 Å². The summed E-state index contributed by atoms with van der Waals surface area (Å²) >= 11 is 2.32. The Bertz CT molecular complexity index is 436. The molecule has 0 aliphatic rings. The lowest BCUT2D eigenvalue weighted by Gasteiger charge is -2.15. The topological polar surface area (TPSA) is 25.2 Å². The summed E-state index contributed by atoms with van der Waals surface area (Å²) in [6.07, 6.45) is 2.69. The van der Waals surface area contributed by atoms with Gasteiger partial charge in [-0.15, -0.1) is 0 Å². The van der Waals surface area contributed by atoms with Crippen molar-refractivity contribution in [3.63, 3.8) is 0 Å². The zero-order chi connectivity index (χ0) is 12.1. The smallest absolute Gasteiger partial charge is 0.121 e. The maximum atomic E-state index is 5.48. The van der Waals surface area contributed by atoms with Gasteiger partial charge in [-0.1, -0.05) is 19.1 Å². The minimum Gasteiger partial charge on any atom is -0.468 e. The molecule has 0 aliphatic heterocycles. The van der Waals surface area contributed by atoms with Crippen molar-refractivity contribution in [1.82, 2.24) is 5.32 Å². The van der Waals surface area contributed by atoms with Crippen LogP contribution < -0.4 is 5.32 Å². The summed E-state index contributed by atoms with van der Waals surface area (Å²) in [4.78, 5) is 0. The highest BCUT2D eigenvalue weighted by Gasteiger charge is 2.13. The van der Waals surface area contributed by atoms with Gasteiger partial charge in [-0.05, 0) is 65.4 Å². The summed E-state index contributed by atoms with van der Waals surface area (Å²) in [5.74, 6) is 1.01. The molecule has 0 saturated heterocycles. The molecule has 0 amide bonds. The van der Waals surface area contributed by atoms with Crippen molar-refractivity contribution in [2.24, 2.45) is 0 Å². The van der Waals surface area contributed by atoms with E-state index in [0.29, 0.717) is 0 Å². The van der Waals surface area contributed by atoms with E-state index in [1.54, 1.807) is 6.26 Å². The Morgan fingerprint density at radius 1 is 1.24 bits per heavy atom. The molecular weight excluding hydrogens is 325 g/mol. The van der Waals surface area contributed by atoms with Crippen LogP contribution in [0.25, 0.3) is 0 Å². The molecule has 0 fully saturated rings. The minimum absolute atomic E-state index is 0.259. The van der Waals surface area contributed by atoms with Crippen molar-refractivity contribution < 1.29 is 4.42 Å². The van der Waals surface area contributed by atoms with E-state index < -0.39 is 0 Å². The van der Waals surface area contributed by atoms with Gasteiger partial charge in [-0.2, -0.15) is 0 Å². The number of halogens is 1. The Balaban J connectivity index is 2.10. The van der Waals surface area contributed by atoms with Gasteiger partial charge in [0.05, 0.1) is 12.3 Å². The van der Waals surface area contributed by atoms with E-state index >= 15 is 0 Å². The number of hydrogen-bond donors (Lipinski definition) is 1. The molecule has 1 atom stereocenters. The third-order valence-corrected chi connectivity index (χ3v) is 3.41. The van der Waals surface area contributed by atoms with Crippen molar-refractivity contribution in [2.45, 2.75) is 19.4 Å². The molecule has 3 heteroatoms. The van der Waals surface area contributed by atoms with Crippen LogP contribution in [0.2, 0.25) is 0 Å². The normalized spacial score (nSPS) is 12.6. The lowest BCUT2D eigenvalue weighted by Crippen LogP contribution is -2.22. The molecule has 1 aromatic heterocycles. The molecule has 2 aromatic rings. The number of hydrogen-bond acceptors (Lipinski definition) is 2. The molecule has 2 nitrogen and oxygen atoms in total. The second kappa shape index (κ2) is 6.21. The fraction of sp³-hybridized carbons (Fsp3) is 0.286. The summed E-state index contributed by atoms with van der Waals surface area (Å²) in [5.41, 5.74) is 1.33. The van der Waals surface area contributed by atoms with Gasteiger partial charge in [0.1, 0.15) is 5.76 Å². The third-order valence-electron chi connectivity index (χ3n) is 2.69. The van der Waals surface area contributed by atoms with Crippen molar-refractivity contribution in [3.05, 3.63) is 57.6 Å². The predicted molar refractivity (Wildman–Crippen MR) is 78.0 cm³/mol. The first-order valence-corrected chi connectivity index (χ1v) is 6.88. The molecule has 1 heterocycles. The second-order valence-corrected chi connectivity index (χ2v) is 5.20. The van der Waals surface area contributed by atoms with Crippen LogP contribution in [0.15, 0.2) is 47.1 Å². The van der Waals surface area contributed by atoms with E-state index in [1.165, 1.54) is 9.13 Å². The molecule has 0 saturated carbocycles. The summed E-state index contributed by atoms with van der Waals surface area (Å²) < 4.78 is 6.75. The fourth-order valence-electron chi connectivity index (χ4n) is 1.87. The van der Waals surface area contributed by atoms with Crippen LogP contribution >= 0.6 is 22.6 Å². The summed E-state index contributed by atoms with van der Waals surface area (Å²) in [5, 5.41) is 3.45. The van der Waals surface area contributed by atoms with Crippen LogP contribution in [-0.4, -0.2) is 6.54 Å². The number of likely N-dealkylation sites (N-methyl/N-ethyl adjacent to an activating group) is 1. The lowest BCUT2D eigenvalue weighted by atomic mass is 10.0. The minimum atomic E-state index is 0.259. The molecule has 0 radical (unpaired) electrons. The molecule has 90 valence electrons. The van der Waals surface area contributed by atoms with Gasteiger partial charge in [0, 0.05) is 3.57 Å². The number of furan rings is 1. The summed E-state index contributed by atoms with van der Waals surface area (Å²) in [7, 11) is 0. The fourth-order valence-corrected chi connectivity index (χ4v) is 2.23. The van der Waals surface area contributed by atoms with Crippen LogP contribution in [0.5, 0.6) is 0 Å². The van der Waals surface area contributed by atoms with Crippen LogP contribution in [0, 0.1) is 3.57 Å². The molecule has 1 unspecified atom stereocenters. The molecular formula is C14H16INO. The van der Waals surface area contributed by atoms with Gasteiger partial charge >= 0.3 is 0 Å². The Morgan fingerprint density at radius 2 is 2.00 bits per heavy atom. The quantitative estimate of drug-likeness (QED) is 0.838. The van der Waals surface area contributed by atoms with Crippen molar-refractivity contribution >= 4 is 22.6 Å². The monoisotopic (exact) mass is 341 g/mol. The van der Waals surface area contributed by atoms with E-state index in [1.807, 2.05) is 12.1 Å². The van der Waals surface area contributed by atoms with Crippen LogP contribution in [0.3, 0.4) is 0 Å². The van der Waals surface area contributed by atoms with Crippen LogP contribution in [0.1, 0.15) is 24.3 Å². The predicted octanol–water partition coefficient (Wildman–Crippen LogP) is 3.78. The van der Waals surface area contributed by atoms with Crippen molar-refractivity contribution in [3.8, 4) is 0 Å². The highest BCUT2D eigenvalue weighted by Crippen LogP contribution is 2.19. The molecule has 2 rings (SSSR count). The zero-order valence-corrected chi connectivity index (χ0v) is 12.0. The maximum absolute atomic E-state index is 5.48. The third kappa shape index (κ3) is 3.57. The highest BCUT2D eigenvalue weighted by atomic mass is 127. The first-order chi connectivity index (χ1) is 8.29. The Labute approximate surface area is 116 Å².